The first kappa shape index (κ1) is 18.9. The van der Waals surface area contributed by atoms with E-state index in [1.807, 2.05) is 56.3 Å². The van der Waals surface area contributed by atoms with Crippen LogP contribution in [0.15, 0.2) is 47.4 Å². The lowest BCUT2D eigenvalue weighted by Crippen LogP contribution is -2.22. The molecule has 6 heteroatoms. The molecule has 0 spiro atoms. The van der Waals surface area contributed by atoms with Crippen LogP contribution in [-0.4, -0.2) is 31.3 Å². The normalized spacial score (nSPS) is 10.2. The smallest absolute Gasteiger partial charge is 0.316 e. The van der Waals surface area contributed by atoms with Crippen molar-refractivity contribution in [1.82, 2.24) is 0 Å². The number of hydrogen-bond acceptors (Lipinski definition) is 5. The highest BCUT2D eigenvalue weighted by atomic mass is 32.2. The second kappa shape index (κ2) is 9.13. The van der Waals surface area contributed by atoms with Gasteiger partial charge in [0.1, 0.15) is 5.75 Å². The third-order valence-corrected chi connectivity index (χ3v) is 4.51. The Labute approximate surface area is 151 Å². The number of thioether (sulfide) groups is 1. The lowest BCUT2D eigenvalue weighted by molar-refractivity contribution is -0.144. The first-order chi connectivity index (χ1) is 12.0. The van der Waals surface area contributed by atoms with Crippen LogP contribution in [0.2, 0.25) is 0 Å². The summed E-state index contributed by atoms with van der Waals surface area (Å²) >= 11 is 1.35. The van der Waals surface area contributed by atoms with Gasteiger partial charge >= 0.3 is 5.97 Å². The maximum Gasteiger partial charge on any atom is 0.316 e. The molecule has 2 rings (SSSR count). The molecule has 132 valence electrons. The quantitative estimate of drug-likeness (QED) is 0.605. The summed E-state index contributed by atoms with van der Waals surface area (Å²) in [7, 11) is 1.60. The number of anilines is 1. The van der Waals surface area contributed by atoms with Crippen molar-refractivity contribution in [2.24, 2.45) is 0 Å². The number of methoxy groups -OCH3 is 1. The first-order valence-electron chi connectivity index (χ1n) is 7.78. The molecular weight excluding hydrogens is 338 g/mol. The summed E-state index contributed by atoms with van der Waals surface area (Å²) in [5.41, 5.74) is 2.70. The Morgan fingerprint density at radius 3 is 2.28 bits per heavy atom. The third kappa shape index (κ3) is 5.83. The third-order valence-electron chi connectivity index (χ3n) is 3.53. The zero-order valence-corrected chi connectivity index (χ0v) is 15.3. The van der Waals surface area contributed by atoms with Crippen molar-refractivity contribution in [1.29, 1.82) is 0 Å². The van der Waals surface area contributed by atoms with Gasteiger partial charge in [0, 0.05) is 10.6 Å². The number of carbonyl (C=O) groups is 2. The van der Waals surface area contributed by atoms with Crippen LogP contribution in [-0.2, 0) is 14.3 Å². The molecule has 0 aromatic heterocycles. The average Bonchev–Trinajstić information content (AvgIpc) is 2.62. The van der Waals surface area contributed by atoms with Crippen LogP contribution in [0.5, 0.6) is 5.75 Å². The number of aryl methyl sites for hydroxylation is 2. The number of para-hydroxylation sites is 1. The lowest BCUT2D eigenvalue weighted by Gasteiger charge is -2.11. The van der Waals surface area contributed by atoms with Crippen molar-refractivity contribution in [2.45, 2.75) is 18.7 Å². The molecule has 1 amide bonds. The molecule has 0 aliphatic rings. The number of ether oxygens (including phenoxy) is 2. The molecule has 0 aliphatic heterocycles. The topological polar surface area (TPSA) is 64.6 Å². The molecule has 0 saturated carbocycles. The lowest BCUT2D eigenvalue weighted by atomic mass is 10.1. The zero-order chi connectivity index (χ0) is 18.2. The number of nitrogens with one attached hydrogen (secondary N) is 1. The van der Waals surface area contributed by atoms with Gasteiger partial charge in [0.15, 0.2) is 6.61 Å². The van der Waals surface area contributed by atoms with Crippen LogP contribution in [0.1, 0.15) is 11.1 Å². The van der Waals surface area contributed by atoms with Gasteiger partial charge in [-0.2, -0.15) is 0 Å². The van der Waals surface area contributed by atoms with E-state index in [9.17, 15) is 9.59 Å². The monoisotopic (exact) mass is 359 g/mol. The summed E-state index contributed by atoms with van der Waals surface area (Å²) in [4.78, 5) is 24.7. The van der Waals surface area contributed by atoms with Crippen molar-refractivity contribution >= 4 is 29.3 Å². The van der Waals surface area contributed by atoms with E-state index < -0.39 is 5.97 Å². The van der Waals surface area contributed by atoms with Crippen LogP contribution < -0.4 is 10.1 Å². The molecule has 5 nitrogen and oxygen atoms in total. The van der Waals surface area contributed by atoms with E-state index in [0.29, 0.717) is 0 Å². The molecule has 0 bridgehead atoms. The maximum atomic E-state index is 12.0. The summed E-state index contributed by atoms with van der Waals surface area (Å²) in [6.07, 6.45) is 0. The van der Waals surface area contributed by atoms with Crippen LogP contribution in [0.25, 0.3) is 0 Å². The van der Waals surface area contributed by atoms with Crippen molar-refractivity contribution in [3.63, 3.8) is 0 Å². The van der Waals surface area contributed by atoms with Gasteiger partial charge < -0.3 is 14.8 Å². The van der Waals surface area contributed by atoms with E-state index in [1.165, 1.54) is 11.8 Å². The summed E-state index contributed by atoms with van der Waals surface area (Å²) < 4.78 is 10.1. The van der Waals surface area contributed by atoms with Gasteiger partial charge in [-0.05, 0) is 49.2 Å². The number of benzene rings is 2. The Morgan fingerprint density at radius 1 is 1.04 bits per heavy atom. The molecule has 0 heterocycles. The molecule has 0 saturated heterocycles. The summed E-state index contributed by atoms with van der Waals surface area (Å²) in [5, 5.41) is 2.78. The summed E-state index contributed by atoms with van der Waals surface area (Å²) in [6.45, 7) is 3.54. The highest BCUT2D eigenvalue weighted by molar-refractivity contribution is 8.00. The van der Waals surface area contributed by atoms with E-state index in [2.05, 4.69) is 5.32 Å². The molecule has 0 radical (unpaired) electrons. The Bertz CT molecular complexity index is 723. The van der Waals surface area contributed by atoms with Gasteiger partial charge in [-0.25, -0.2) is 0 Å². The second-order valence-electron chi connectivity index (χ2n) is 5.44. The fraction of sp³-hybridized carbons (Fsp3) is 0.263. The molecule has 1 N–H and O–H groups in total. The Balaban J connectivity index is 1.76. The van der Waals surface area contributed by atoms with Crippen LogP contribution in [0.3, 0.4) is 0 Å². The fourth-order valence-electron chi connectivity index (χ4n) is 2.19. The molecule has 0 aliphatic carbocycles. The molecular formula is C19H21NO4S. The largest absolute Gasteiger partial charge is 0.497 e. The fourth-order valence-corrected chi connectivity index (χ4v) is 2.89. The Hall–Kier alpha value is -2.47. The van der Waals surface area contributed by atoms with E-state index in [0.717, 1.165) is 27.5 Å². The van der Waals surface area contributed by atoms with E-state index >= 15 is 0 Å². The molecule has 2 aromatic rings. The Kier molecular flexibility index (Phi) is 6.89. The Morgan fingerprint density at radius 2 is 1.68 bits per heavy atom. The molecule has 0 unspecified atom stereocenters. The number of rotatable bonds is 7. The summed E-state index contributed by atoms with van der Waals surface area (Å²) in [5.74, 6) is 0.121. The van der Waals surface area contributed by atoms with Gasteiger partial charge in [0.05, 0.1) is 12.9 Å². The van der Waals surface area contributed by atoms with Crippen LogP contribution in [0, 0.1) is 13.8 Å². The predicted octanol–water partition coefficient (Wildman–Crippen LogP) is 3.59. The van der Waals surface area contributed by atoms with Gasteiger partial charge in [-0.1, -0.05) is 18.2 Å². The standard InChI is InChI=1S/C19H21NO4S/c1-13-5-4-6-14(2)19(13)20-17(21)11-24-18(22)12-25-16-9-7-15(23-3)8-10-16/h4-10H,11-12H2,1-3H3,(H,20,21). The van der Waals surface area contributed by atoms with Crippen molar-refractivity contribution in [3.8, 4) is 5.75 Å². The zero-order valence-electron chi connectivity index (χ0n) is 14.5. The molecule has 2 aromatic carbocycles. The van der Waals surface area contributed by atoms with Crippen molar-refractivity contribution in [3.05, 3.63) is 53.6 Å². The highest BCUT2D eigenvalue weighted by Gasteiger charge is 2.11. The van der Waals surface area contributed by atoms with Crippen molar-refractivity contribution in [2.75, 3.05) is 24.8 Å². The average molecular weight is 359 g/mol. The molecule has 0 atom stereocenters. The minimum atomic E-state index is -0.433. The maximum absolute atomic E-state index is 12.0. The van der Waals surface area contributed by atoms with E-state index in [-0.39, 0.29) is 18.3 Å². The summed E-state index contributed by atoms with van der Waals surface area (Å²) in [6, 6.07) is 13.1. The van der Waals surface area contributed by atoms with E-state index in [1.54, 1.807) is 7.11 Å². The minimum absolute atomic E-state index is 0.142. The first-order valence-corrected chi connectivity index (χ1v) is 8.76. The van der Waals surface area contributed by atoms with Crippen molar-refractivity contribution < 1.29 is 19.1 Å². The van der Waals surface area contributed by atoms with Gasteiger partial charge in [-0.15, -0.1) is 11.8 Å². The van der Waals surface area contributed by atoms with Gasteiger partial charge in [-0.3, -0.25) is 9.59 Å². The van der Waals surface area contributed by atoms with E-state index in [4.69, 9.17) is 9.47 Å². The predicted molar refractivity (Wildman–Crippen MR) is 99.2 cm³/mol. The highest BCUT2D eigenvalue weighted by Crippen LogP contribution is 2.21. The SMILES string of the molecule is COc1ccc(SCC(=O)OCC(=O)Nc2c(C)cccc2C)cc1. The second-order valence-corrected chi connectivity index (χ2v) is 6.49. The molecule has 0 fully saturated rings. The minimum Gasteiger partial charge on any atom is -0.497 e. The molecule has 25 heavy (non-hydrogen) atoms. The van der Waals surface area contributed by atoms with Crippen LogP contribution in [0.4, 0.5) is 5.69 Å². The number of carbonyl (C=O) groups excluding carboxylic acids is 2. The number of amides is 1. The van der Waals surface area contributed by atoms with Gasteiger partial charge in [0.2, 0.25) is 0 Å². The van der Waals surface area contributed by atoms with Gasteiger partial charge in [0.25, 0.3) is 5.91 Å². The number of esters is 1. The number of hydrogen-bond donors (Lipinski definition) is 1. The van der Waals surface area contributed by atoms with Crippen LogP contribution >= 0.6 is 11.8 Å².